The van der Waals surface area contributed by atoms with Crippen molar-refractivity contribution in [1.82, 2.24) is 0 Å². The third-order valence-corrected chi connectivity index (χ3v) is 2.05. The summed E-state index contributed by atoms with van der Waals surface area (Å²) >= 11 is 0. The summed E-state index contributed by atoms with van der Waals surface area (Å²) in [7, 11) is 3.37. The Balaban J connectivity index is 3.16. The van der Waals surface area contributed by atoms with Gasteiger partial charge in [-0.2, -0.15) is 0 Å². The van der Waals surface area contributed by atoms with E-state index in [1.807, 2.05) is 30.0 Å². The Kier molecular flexibility index (Phi) is 3.92. The molecule has 0 aromatic heterocycles. The Labute approximate surface area is 90.7 Å². The maximum atomic E-state index is 5.30. The number of anilines is 1. The standard InChI is InChI=1S/C12H16N2O/c1-5-14(9-13-3)11-7-6-10(2)8-12(11)15-4/h5-9H,1H2,2-4H3. The van der Waals surface area contributed by atoms with Gasteiger partial charge in [0, 0.05) is 13.2 Å². The van der Waals surface area contributed by atoms with E-state index in [2.05, 4.69) is 11.6 Å². The van der Waals surface area contributed by atoms with Gasteiger partial charge in [-0.05, 0) is 24.6 Å². The molecule has 0 N–H and O–H groups in total. The Bertz CT molecular complexity index is 372. The first kappa shape index (κ1) is 11.3. The second-order valence-corrected chi connectivity index (χ2v) is 3.14. The van der Waals surface area contributed by atoms with E-state index in [0.29, 0.717) is 0 Å². The molecule has 0 bridgehead atoms. The molecule has 0 aliphatic heterocycles. The SMILES string of the molecule is C=CN(C=NC)c1ccc(C)cc1OC. The summed E-state index contributed by atoms with van der Waals surface area (Å²) in [5, 5.41) is 0. The van der Waals surface area contributed by atoms with Gasteiger partial charge < -0.3 is 9.64 Å². The molecule has 1 aromatic rings. The molecule has 3 heteroatoms. The van der Waals surface area contributed by atoms with Crippen LogP contribution in [0.25, 0.3) is 0 Å². The predicted molar refractivity (Wildman–Crippen MR) is 64.8 cm³/mol. The topological polar surface area (TPSA) is 24.8 Å². The smallest absolute Gasteiger partial charge is 0.143 e. The first-order valence-corrected chi connectivity index (χ1v) is 4.70. The van der Waals surface area contributed by atoms with E-state index in [-0.39, 0.29) is 0 Å². The van der Waals surface area contributed by atoms with Crippen LogP contribution in [0, 0.1) is 6.92 Å². The van der Waals surface area contributed by atoms with Crippen molar-refractivity contribution in [2.75, 3.05) is 19.1 Å². The number of hydrogen-bond donors (Lipinski definition) is 0. The molecule has 0 fully saturated rings. The highest BCUT2D eigenvalue weighted by molar-refractivity contribution is 5.84. The fourth-order valence-corrected chi connectivity index (χ4v) is 1.33. The number of ether oxygens (including phenoxy) is 1. The summed E-state index contributed by atoms with van der Waals surface area (Å²) in [6, 6.07) is 5.99. The van der Waals surface area contributed by atoms with Crippen molar-refractivity contribution in [3.8, 4) is 5.75 Å². The summed E-state index contributed by atoms with van der Waals surface area (Å²) in [6.45, 7) is 5.76. The average molecular weight is 204 g/mol. The van der Waals surface area contributed by atoms with Gasteiger partial charge in [0.2, 0.25) is 0 Å². The third kappa shape index (κ3) is 2.59. The van der Waals surface area contributed by atoms with Crippen LogP contribution in [-0.4, -0.2) is 20.5 Å². The molecular weight excluding hydrogens is 188 g/mol. The van der Waals surface area contributed by atoms with Crippen molar-refractivity contribution in [3.63, 3.8) is 0 Å². The van der Waals surface area contributed by atoms with Crippen molar-refractivity contribution >= 4 is 12.0 Å². The minimum absolute atomic E-state index is 0.815. The number of nitrogens with zero attached hydrogens (tertiary/aromatic N) is 2. The molecule has 0 spiro atoms. The van der Waals surface area contributed by atoms with E-state index in [9.17, 15) is 0 Å². The summed E-state index contributed by atoms with van der Waals surface area (Å²) in [5.74, 6) is 0.815. The Morgan fingerprint density at radius 2 is 2.20 bits per heavy atom. The maximum Gasteiger partial charge on any atom is 0.143 e. The number of rotatable bonds is 4. The summed E-state index contributed by atoms with van der Waals surface area (Å²) in [5.41, 5.74) is 2.09. The normalized spacial score (nSPS) is 10.3. The van der Waals surface area contributed by atoms with Gasteiger partial charge in [0.1, 0.15) is 5.75 Å². The molecule has 0 radical (unpaired) electrons. The first-order valence-electron chi connectivity index (χ1n) is 4.70. The molecule has 0 aliphatic rings. The average Bonchev–Trinajstić information content (AvgIpc) is 2.26. The highest BCUT2D eigenvalue weighted by Crippen LogP contribution is 2.28. The van der Waals surface area contributed by atoms with Gasteiger partial charge in [0.15, 0.2) is 0 Å². The number of hydrogen-bond acceptors (Lipinski definition) is 2. The lowest BCUT2D eigenvalue weighted by atomic mass is 10.2. The van der Waals surface area contributed by atoms with Crippen LogP contribution in [0.1, 0.15) is 5.56 Å². The molecule has 0 unspecified atom stereocenters. The van der Waals surface area contributed by atoms with Gasteiger partial charge in [-0.25, -0.2) is 0 Å². The fourth-order valence-electron chi connectivity index (χ4n) is 1.33. The van der Waals surface area contributed by atoms with Crippen LogP contribution >= 0.6 is 0 Å². The van der Waals surface area contributed by atoms with Gasteiger partial charge in [-0.15, -0.1) is 0 Å². The lowest BCUT2D eigenvalue weighted by Crippen LogP contribution is -2.13. The molecule has 1 rings (SSSR count). The van der Waals surface area contributed by atoms with Crippen LogP contribution in [0.5, 0.6) is 5.75 Å². The highest BCUT2D eigenvalue weighted by atomic mass is 16.5. The fraction of sp³-hybridized carbons (Fsp3) is 0.250. The van der Waals surface area contributed by atoms with Crippen molar-refractivity contribution in [2.45, 2.75) is 6.92 Å². The van der Waals surface area contributed by atoms with E-state index in [4.69, 9.17) is 4.74 Å². The molecule has 0 amide bonds. The van der Waals surface area contributed by atoms with Crippen molar-refractivity contribution in [1.29, 1.82) is 0 Å². The molecule has 0 heterocycles. The summed E-state index contributed by atoms with van der Waals surface area (Å²) in [4.78, 5) is 5.77. The van der Waals surface area contributed by atoms with Gasteiger partial charge >= 0.3 is 0 Å². The quantitative estimate of drug-likeness (QED) is 0.556. The van der Waals surface area contributed by atoms with E-state index in [0.717, 1.165) is 17.0 Å². The van der Waals surface area contributed by atoms with Crippen LogP contribution < -0.4 is 9.64 Å². The zero-order valence-corrected chi connectivity index (χ0v) is 9.40. The van der Waals surface area contributed by atoms with Crippen LogP contribution in [0.15, 0.2) is 36.0 Å². The van der Waals surface area contributed by atoms with Crippen LogP contribution in [-0.2, 0) is 0 Å². The lowest BCUT2D eigenvalue weighted by Gasteiger charge is -2.17. The Hall–Kier alpha value is -1.77. The Morgan fingerprint density at radius 3 is 2.73 bits per heavy atom. The molecule has 0 aliphatic carbocycles. The summed E-state index contributed by atoms with van der Waals surface area (Å²) < 4.78 is 5.30. The molecule has 1 aromatic carbocycles. The number of methoxy groups -OCH3 is 1. The second kappa shape index (κ2) is 5.20. The minimum Gasteiger partial charge on any atom is -0.495 e. The Morgan fingerprint density at radius 1 is 1.47 bits per heavy atom. The molecular formula is C12H16N2O. The van der Waals surface area contributed by atoms with E-state index in [1.54, 1.807) is 26.7 Å². The van der Waals surface area contributed by atoms with Crippen molar-refractivity contribution in [2.24, 2.45) is 4.99 Å². The van der Waals surface area contributed by atoms with Crippen molar-refractivity contribution in [3.05, 3.63) is 36.5 Å². The molecule has 0 saturated carbocycles. The van der Waals surface area contributed by atoms with Crippen molar-refractivity contribution < 1.29 is 4.74 Å². The molecule has 15 heavy (non-hydrogen) atoms. The van der Waals surface area contributed by atoms with Gasteiger partial charge in [0.25, 0.3) is 0 Å². The van der Waals surface area contributed by atoms with Crippen LogP contribution in [0.3, 0.4) is 0 Å². The summed E-state index contributed by atoms with van der Waals surface area (Å²) in [6.07, 6.45) is 3.39. The second-order valence-electron chi connectivity index (χ2n) is 3.14. The number of aliphatic imine (C=N–C) groups is 1. The minimum atomic E-state index is 0.815. The molecule has 0 atom stereocenters. The van der Waals surface area contributed by atoms with E-state index < -0.39 is 0 Å². The lowest BCUT2D eigenvalue weighted by molar-refractivity contribution is 0.416. The zero-order chi connectivity index (χ0) is 11.3. The molecule has 3 nitrogen and oxygen atoms in total. The van der Waals surface area contributed by atoms with E-state index in [1.165, 1.54) is 0 Å². The number of benzene rings is 1. The van der Waals surface area contributed by atoms with Crippen LogP contribution in [0.2, 0.25) is 0 Å². The monoisotopic (exact) mass is 204 g/mol. The predicted octanol–water partition coefficient (Wildman–Crippen LogP) is 2.61. The number of aryl methyl sites for hydroxylation is 1. The van der Waals surface area contributed by atoms with Gasteiger partial charge in [-0.3, -0.25) is 4.99 Å². The largest absolute Gasteiger partial charge is 0.495 e. The third-order valence-electron chi connectivity index (χ3n) is 2.05. The molecule has 0 saturated heterocycles. The highest BCUT2D eigenvalue weighted by Gasteiger charge is 2.07. The van der Waals surface area contributed by atoms with Gasteiger partial charge in [0.05, 0.1) is 19.1 Å². The molecule has 80 valence electrons. The van der Waals surface area contributed by atoms with Gasteiger partial charge in [-0.1, -0.05) is 12.6 Å². The maximum absolute atomic E-state index is 5.30. The van der Waals surface area contributed by atoms with Crippen LogP contribution in [0.4, 0.5) is 5.69 Å². The first-order chi connectivity index (χ1) is 7.22. The zero-order valence-electron chi connectivity index (χ0n) is 9.40. The van der Waals surface area contributed by atoms with E-state index >= 15 is 0 Å².